The number of amides is 3. The zero-order valence-electron chi connectivity index (χ0n) is 27.9. The van der Waals surface area contributed by atoms with Crippen LogP contribution in [0.5, 0.6) is 5.75 Å². The van der Waals surface area contributed by atoms with Crippen molar-refractivity contribution < 1.29 is 19.1 Å². The van der Waals surface area contributed by atoms with Gasteiger partial charge in [-0.25, -0.2) is 4.98 Å². The fraction of sp³-hybridized carbons (Fsp3) is 0.0732. The van der Waals surface area contributed by atoms with Gasteiger partial charge in [-0.05, 0) is 84.8 Å². The molecule has 0 saturated carbocycles. The maximum atomic E-state index is 13.6. The maximum Gasteiger partial charge on any atom is 0.272 e. The molecule has 0 aliphatic heterocycles. The molecule has 3 amide bonds. The summed E-state index contributed by atoms with van der Waals surface area (Å²) in [5.74, 6) is -0.415. The van der Waals surface area contributed by atoms with Crippen LogP contribution < -0.4 is 20.7 Å². The van der Waals surface area contributed by atoms with Crippen LogP contribution in [0.4, 0.5) is 10.8 Å². The molecule has 0 radical (unpaired) electrons. The smallest absolute Gasteiger partial charge is 0.272 e. The lowest BCUT2D eigenvalue weighted by atomic mass is 10.1. The van der Waals surface area contributed by atoms with Crippen molar-refractivity contribution in [2.45, 2.75) is 23.7 Å². The monoisotopic (exact) mass is 744 g/mol. The van der Waals surface area contributed by atoms with Gasteiger partial charge in [-0.2, -0.15) is 0 Å². The average Bonchev–Trinajstić information content (AvgIpc) is 3.64. The van der Waals surface area contributed by atoms with E-state index in [2.05, 4.69) is 20.9 Å². The Morgan fingerprint density at radius 1 is 0.827 bits per heavy atom. The molecular formula is C41H33ClN4O4S2. The number of aromatic nitrogens is 1. The van der Waals surface area contributed by atoms with Gasteiger partial charge in [0.1, 0.15) is 18.1 Å². The second-order valence-electron chi connectivity index (χ2n) is 11.5. The topological polar surface area (TPSA) is 109 Å². The van der Waals surface area contributed by atoms with Crippen LogP contribution in [0.25, 0.3) is 17.3 Å². The van der Waals surface area contributed by atoms with Gasteiger partial charge in [0.05, 0.1) is 10.9 Å². The molecule has 0 fully saturated rings. The summed E-state index contributed by atoms with van der Waals surface area (Å²) in [5, 5.41) is 11.2. The van der Waals surface area contributed by atoms with Gasteiger partial charge in [-0.1, -0.05) is 84.4 Å². The third-order valence-electron chi connectivity index (χ3n) is 7.64. The molecule has 0 aliphatic carbocycles. The molecule has 0 aliphatic rings. The van der Waals surface area contributed by atoms with Gasteiger partial charge < -0.3 is 20.7 Å². The van der Waals surface area contributed by atoms with E-state index in [0.29, 0.717) is 39.3 Å². The molecular weight excluding hydrogens is 712 g/mol. The summed E-state index contributed by atoms with van der Waals surface area (Å²) in [6.07, 6.45) is 1.61. The fourth-order valence-corrected chi connectivity index (χ4v) is 6.59. The second kappa shape index (κ2) is 17.5. The average molecular weight is 745 g/mol. The highest BCUT2D eigenvalue weighted by atomic mass is 35.5. The zero-order chi connectivity index (χ0) is 36.3. The van der Waals surface area contributed by atoms with Gasteiger partial charge in [-0.3, -0.25) is 14.4 Å². The predicted octanol–water partition coefficient (Wildman–Crippen LogP) is 9.57. The Labute approximate surface area is 314 Å². The molecule has 1 aromatic heterocycles. The van der Waals surface area contributed by atoms with Gasteiger partial charge in [0.2, 0.25) is 5.91 Å². The summed E-state index contributed by atoms with van der Waals surface area (Å²) in [6.45, 7) is 2.25. The normalized spacial score (nSPS) is 11.7. The van der Waals surface area contributed by atoms with E-state index in [1.165, 1.54) is 23.1 Å². The summed E-state index contributed by atoms with van der Waals surface area (Å²) < 4.78 is 5.89. The van der Waals surface area contributed by atoms with E-state index >= 15 is 0 Å². The number of ether oxygens (including phenoxy) is 1. The number of rotatable bonds is 13. The van der Waals surface area contributed by atoms with Crippen molar-refractivity contribution in [1.82, 2.24) is 10.3 Å². The number of nitrogens with zero attached hydrogens (tertiary/aromatic N) is 1. The van der Waals surface area contributed by atoms with Gasteiger partial charge >= 0.3 is 0 Å². The van der Waals surface area contributed by atoms with Gasteiger partial charge in [0, 0.05) is 32.1 Å². The van der Waals surface area contributed by atoms with E-state index in [1.54, 1.807) is 54.6 Å². The van der Waals surface area contributed by atoms with Crippen LogP contribution in [0.3, 0.4) is 0 Å². The maximum absolute atomic E-state index is 13.6. The summed E-state index contributed by atoms with van der Waals surface area (Å²) in [4.78, 5) is 45.0. The summed E-state index contributed by atoms with van der Waals surface area (Å²) in [6, 6.07) is 40.3. The molecule has 1 unspecified atom stereocenters. The number of hydrogen-bond donors (Lipinski definition) is 3. The highest BCUT2D eigenvalue weighted by Gasteiger charge is 2.18. The predicted molar refractivity (Wildman–Crippen MR) is 211 cm³/mol. The third kappa shape index (κ3) is 10.2. The SMILES string of the molecule is CC(Sc1ccc(NC(=O)/C(=C/c2ccc(OCc3ccccc3)cc2)NC(=O)c2ccccc2)cc1)C(=O)Nc1nc(-c2ccc(Cl)cc2)cs1. The van der Waals surface area contributed by atoms with Crippen molar-refractivity contribution >= 4 is 69.3 Å². The van der Waals surface area contributed by atoms with Crippen molar-refractivity contribution in [1.29, 1.82) is 0 Å². The zero-order valence-corrected chi connectivity index (χ0v) is 30.3. The van der Waals surface area contributed by atoms with Crippen LogP contribution in [0.15, 0.2) is 149 Å². The van der Waals surface area contributed by atoms with E-state index in [4.69, 9.17) is 16.3 Å². The molecule has 5 aromatic carbocycles. The first-order valence-electron chi connectivity index (χ1n) is 16.2. The minimum atomic E-state index is -0.497. The highest BCUT2D eigenvalue weighted by Crippen LogP contribution is 2.29. The number of hydrogen-bond acceptors (Lipinski definition) is 7. The molecule has 6 rings (SSSR count). The summed E-state index contributed by atoms with van der Waals surface area (Å²) >= 11 is 8.72. The Kier molecular flexibility index (Phi) is 12.2. The first kappa shape index (κ1) is 36.1. The lowest BCUT2D eigenvalue weighted by molar-refractivity contribution is -0.115. The van der Waals surface area contributed by atoms with Crippen molar-refractivity contribution in [2.75, 3.05) is 10.6 Å². The number of halogens is 1. The number of benzene rings is 5. The van der Waals surface area contributed by atoms with Gasteiger partial charge in [0.15, 0.2) is 5.13 Å². The Morgan fingerprint density at radius 3 is 2.19 bits per heavy atom. The molecule has 0 saturated heterocycles. The van der Waals surface area contributed by atoms with Crippen molar-refractivity contribution in [3.05, 3.63) is 166 Å². The lowest BCUT2D eigenvalue weighted by Gasteiger charge is -2.13. The number of anilines is 2. The molecule has 3 N–H and O–H groups in total. The number of carbonyl (C=O) groups excluding carboxylic acids is 3. The minimum absolute atomic E-state index is 0.0666. The molecule has 0 spiro atoms. The lowest BCUT2D eigenvalue weighted by Crippen LogP contribution is -2.30. The van der Waals surface area contributed by atoms with Gasteiger partial charge in [-0.15, -0.1) is 23.1 Å². The van der Waals surface area contributed by atoms with E-state index < -0.39 is 17.1 Å². The quantitative estimate of drug-likeness (QED) is 0.0803. The molecule has 1 heterocycles. The van der Waals surface area contributed by atoms with Crippen LogP contribution >= 0.6 is 34.7 Å². The molecule has 0 bridgehead atoms. The van der Waals surface area contributed by atoms with Gasteiger partial charge in [0.25, 0.3) is 11.8 Å². The van der Waals surface area contributed by atoms with Crippen molar-refractivity contribution in [3.8, 4) is 17.0 Å². The third-order valence-corrected chi connectivity index (χ3v) is 9.76. The van der Waals surface area contributed by atoms with Crippen LogP contribution in [0.2, 0.25) is 5.02 Å². The molecule has 8 nitrogen and oxygen atoms in total. The second-order valence-corrected chi connectivity index (χ2v) is 14.2. The first-order valence-corrected chi connectivity index (χ1v) is 18.4. The van der Waals surface area contributed by atoms with E-state index in [1.807, 2.05) is 97.2 Å². The summed E-state index contributed by atoms with van der Waals surface area (Å²) in [5.41, 5.74) is 4.43. The Hall–Kier alpha value is -5.68. The summed E-state index contributed by atoms with van der Waals surface area (Å²) in [7, 11) is 0. The van der Waals surface area contributed by atoms with Crippen LogP contribution in [-0.2, 0) is 16.2 Å². The van der Waals surface area contributed by atoms with Crippen LogP contribution in [0.1, 0.15) is 28.4 Å². The molecule has 1 atom stereocenters. The molecule has 260 valence electrons. The largest absolute Gasteiger partial charge is 0.489 e. The molecule has 6 aromatic rings. The van der Waals surface area contributed by atoms with Crippen LogP contribution in [-0.4, -0.2) is 28.0 Å². The van der Waals surface area contributed by atoms with Crippen molar-refractivity contribution in [3.63, 3.8) is 0 Å². The standard InChI is InChI=1S/C41H33ClN4O4S2/c1-27(38(47)46-41-45-37(26-51-41)30-14-16-32(42)17-15-30)52-35-22-18-33(19-23-35)43-40(49)36(44-39(48)31-10-6-3-7-11-31)24-28-12-20-34(21-13-28)50-25-29-8-4-2-5-9-29/h2-24,26-27H,25H2,1H3,(H,43,49)(H,44,48)(H,45,46,47)/b36-24-. The molecule has 52 heavy (non-hydrogen) atoms. The van der Waals surface area contributed by atoms with Crippen molar-refractivity contribution in [2.24, 2.45) is 0 Å². The number of carbonyl (C=O) groups is 3. The number of thioether (sulfide) groups is 1. The Bertz CT molecular complexity index is 2160. The fourth-order valence-electron chi connectivity index (χ4n) is 4.87. The minimum Gasteiger partial charge on any atom is -0.489 e. The van der Waals surface area contributed by atoms with Crippen LogP contribution in [0, 0.1) is 0 Å². The van der Waals surface area contributed by atoms with E-state index in [0.717, 1.165) is 21.7 Å². The highest BCUT2D eigenvalue weighted by molar-refractivity contribution is 8.00. The number of thiazole rings is 1. The number of nitrogens with one attached hydrogen (secondary N) is 3. The van der Waals surface area contributed by atoms with E-state index in [9.17, 15) is 14.4 Å². The Morgan fingerprint density at radius 2 is 1.50 bits per heavy atom. The Balaban J connectivity index is 1.08. The first-order chi connectivity index (χ1) is 25.3. The molecule has 11 heteroatoms. The van der Waals surface area contributed by atoms with E-state index in [-0.39, 0.29) is 11.6 Å².